The molecule has 1 atom stereocenters. The zero-order chi connectivity index (χ0) is 16.4. The number of amides is 1. The fraction of sp³-hybridized carbons (Fsp3) is 0.375. The van der Waals surface area contributed by atoms with Gasteiger partial charge in [0.15, 0.2) is 6.61 Å². The van der Waals surface area contributed by atoms with Crippen LogP contribution in [0.15, 0.2) is 24.4 Å². The maximum absolute atomic E-state index is 12.2. The summed E-state index contributed by atoms with van der Waals surface area (Å²) in [6, 6.07) is 4.89. The molecule has 1 aromatic heterocycles. The van der Waals surface area contributed by atoms with Crippen molar-refractivity contribution in [1.82, 2.24) is 15.1 Å². The van der Waals surface area contributed by atoms with Crippen molar-refractivity contribution in [2.75, 3.05) is 6.61 Å². The summed E-state index contributed by atoms with van der Waals surface area (Å²) in [7, 11) is 1.92. The molecule has 1 amide bonds. The number of carbonyl (C=O) groups excluding carboxylic acids is 1. The smallest absolute Gasteiger partial charge is 0.258 e. The maximum Gasteiger partial charge on any atom is 0.258 e. The lowest BCUT2D eigenvalue weighted by molar-refractivity contribution is -0.123. The van der Waals surface area contributed by atoms with E-state index < -0.39 is 0 Å². The van der Waals surface area contributed by atoms with E-state index in [0.29, 0.717) is 15.8 Å². The van der Waals surface area contributed by atoms with Gasteiger partial charge in [-0.3, -0.25) is 9.48 Å². The second-order valence-electron chi connectivity index (χ2n) is 5.55. The predicted octanol–water partition coefficient (Wildman–Crippen LogP) is 3.30. The van der Waals surface area contributed by atoms with Crippen molar-refractivity contribution >= 4 is 29.1 Å². The normalized spacial score (nSPS) is 16.7. The van der Waals surface area contributed by atoms with Crippen LogP contribution in [0.1, 0.15) is 30.1 Å². The number of carbonyl (C=O) groups is 1. The Morgan fingerprint density at radius 1 is 1.48 bits per heavy atom. The van der Waals surface area contributed by atoms with Crippen LogP contribution in [0.25, 0.3) is 0 Å². The van der Waals surface area contributed by atoms with Crippen LogP contribution in [0.2, 0.25) is 10.0 Å². The molecule has 7 heteroatoms. The van der Waals surface area contributed by atoms with Gasteiger partial charge in [0, 0.05) is 29.4 Å². The molecule has 5 nitrogen and oxygen atoms in total. The zero-order valence-electron chi connectivity index (χ0n) is 12.7. The number of fused-ring (bicyclic) bond motifs is 1. The van der Waals surface area contributed by atoms with Crippen LogP contribution >= 0.6 is 23.2 Å². The summed E-state index contributed by atoms with van der Waals surface area (Å²) >= 11 is 11.9. The average Bonchev–Trinajstić information content (AvgIpc) is 2.91. The van der Waals surface area contributed by atoms with Crippen LogP contribution in [0.3, 0.4) is 0 Å². The quantitative estimate of drug-likeness (QED) is 0.917. The van der Waals surface area contributed by atoms with E-state index in [1.165, 1.54) is 5.69 Å². The Balaban J connectivity index is 1.61. The highest BCUT2D eigenvalue weighted by Gasteiger charge is 2.24. The van der Waals surface area contributed by atoms with Gasteiger partial charge in [-0.1, -0.05) is 23.2 Å². The van der Waals surface area contributed by atoms with E-state index in [-0.39, 0.29) is 18.6 Å². The monoisotopic (exact) mass is 353 g/mol. The van der Waals surface area contributed by atoms with Gasteiger partial charge in [-0.25, -0.2) is 0 Å². The van der Waals surface area contributed by atoms with Crippen molar-refractivity contribution in [1.29, 1.82) is 0 Å². The van der Waals surface area contributed by atoms with E-state index in [1.807, 2.05) is 17.9 Å². The van der Waals surface area contributed by atoms with Crippen LogP contribution in [-0.2, 0) is 18.3 Å². The number of halogens is 2. The lowest BCUT2D eigenvalue weighted by atomic mass is 9.93. The van der Waals surface area contributed by atoms with E-state index >= 15 is 0 Å². The molecule has 2 aromatic rings. The number of nitrogens with zero attached hydrogens (tertiary/aromatic N) is 2. The van der Waals surface area contributed by atoms with Crippen LogP contribution in [0, 0.1) is 0 Å². The summed E-state index contributed by atoms with van der Waals surface area (Å²) in [5, 5.41) is 8.21. The minimum Gasteiger partial charge on any atom is -0.482 e. The summed E-state index contributed by atoms with van der Waals surface area (Å²) in [5.74, 6) is 0.211. The highest BCUT2D eigenvalue weighted by molar-refractivity contribution is 6.34. The summed E-state index contributed by atoms with van der Waals surface area (Å²) in [6.45, 7) is -0.105. The molecule has 0 spiro atoms. The molecule has 0 saturated carbocycles. The molecule has 23 heavy (non-hydrogen) atoms. The lowest BCUT2D eigenvalue weighted by Crippen LogP contribution is -2.34. The summed E-state index contributed by atoms with van der Waals surface area (Å²) in [5.41, 5.74) is 2.27. The van der Waals surface area contributed by atoms with Gasteiger partial charge >= 0.3 is 0 Å². The molecular formula is C16H17Cl2N3O2. The zero-order valence-corrected chi connectivity index (χ0v) is 14.2. The maximum atomic E-state index is 12.2. The number of aryl methyl sites for hydroxylation is 1. The van der Waals surface area contributed by atoms with E-state index in [0.717, 1.165) is 24.8 Å². The number of hydrogen-bond acceptors (Lipinski definition) is 3. The van der Waals surface area contributed by atoms with Crippen LogP contribution < -0.4 is 10.1 Å². The first-order valence-corrected chi connectivity index (χ1v) is 8.18. The standard InChI is InChI=1S/C16H17Cl2N3O2/c1-21-14-4-2-3-13(11(14)8-19-21)20-16(22)9-23-15-7-10(17)5-6-12(15)18/h5-8,13H,2-4,9H2,1H3,(H,20,22). The molecule has 0 saturated heterocycles. The molecule has 1 aliphatic carbocycles. The minimum absolute atomic E-state index is 0.0154. The van der Waals surface area contributed by atoms with Crippen LogP contribution in [-0.4, -0.2) is 22.3 Å². The molecule has 1 N–H and O–H groups in total. The Hall–Kier alpha value is -1.72. The number of aromatic nitrogens is 2. The van der Waals surface area contributed by atoms with Crippen LogP contribution in [0.5, 0.6) is 5.75 Å². The largest absolute Gasteiger partial charge is 0.482 e. The van der Waals surface area contributed by atoms with Crippen molar-refractivity contribution in [2.24, 2.45) is 7.05 Å². The SMILES string of the molecule is Cn1ncc2c1CCCC2NC(=O)COc1cc(Cl)ccc1Cl. The van der Waals surface area contributed by atoms with Crippen molar-refractivity contribution in [3.8, 4) is 5.75 Å². The van der Waals surface area contributed by atoms with Crippen molar-refractivity contribution in [3.05, 3.63) is 45.7 Å². The molecule has 1 heterocycles. The van der Waals surface area contributed by atoms with E-state index in [9.17, 15) is 4.79 Å². The molecule has 3 rings (SSSR count). The summed E-state index contributed by atoms with van der Waals surface area (Å²) in [4.78, 5) is 12.2. The first-order valence-electron chi connectivity index (χ1n) is 7.42. The second kappa shape index (κ2) is 6.81. The molecule has 0 fully saturated rings. The highest BCUT2D eigenvalue weighted by Crippen LogP contribution is 2.30. The minimum atomic E-state index is -0.192. The van der Waals surface area contributed by atoms with Gasteiger partial charge in [-0.15, -0.1) is 0 Å². The summed E-state index contributed by atoms with van der Waals surface area (Å²) in [6.07, 6.45) is 4.75. The molecule has 1 unspecified atom stereocenters. The third-order valence-electron chi connectivity index (χ3n) is 3.96. The third kappa shape index (κ3) is 3.62. The fourth-order valence-corrected chi connectivity index (χ4v) is 3.16. The van der Waals surface area contributed by atoms with Gasteiger partial charge < -0.3 is 10.1 Å². The average molecular weight is 354 g/mol. The molecule has 0 radical (unpaired) electrons. The number of hydrogen-bond donors (Lipinski definition) is 1. The van der Waals surface area contributed by atoms with E-state index in [1.54, 1.807) is 18.2 Å². The van der Waals surface area contributed by atoms with E-state index in [2.05, 4.69) is 10.4 Å². The second-order valence-corrected chi connectivity index (χ2v) is 6.39. The number of nitrogens with one attached hydrogen (secondary N) is 1. The Morgan fingerprint density at radius 2 is 2.30 bits per heavy atom. The number of ether oxygens (including phenoxy) is 1. The Kier molecular flexibility index (Phi) is 4.78. The summed E-state index contributed by atoms with van der Waals surface area (Å²) < 4.78 is 7.34. The van der Waals surface area contributed by atoms with Gasteiger partial charge in [-0.05, 0) is 31.4 Å². The van der Waals surface area contributed by atoms with E-state index in [4.69, 9.17) is 27.9 Å². The molecule has 1 aromatic carbocycles. The lowest BCUT2D eigenvalue weighted by Gasteiger charge is -2.23. The van der Waals surface area contributed by atoms with Gasteiger partial charge in [0.2, 0.25) is 0 Å². The molecule has 1 aliphatic rings. The van der Waals surface area contributed by atoms with Gasteiger partial charge in [0.1, 0.15) is 5.75 Å². The van der Waals surface area contributed by atoms with Crippen molar-refractivity contribution in [2.45, 2.75) is 25.3 Å². The third-order valence-corrected chi connectivity index (χ3v) is 4.51. The van der Waals surface area contributed by atoms with Gasteiger partial charge in [-0.2, -0.15) is 5.10 Å². The van der Waals surface area contributed by atoms with Gasteiger partial charge in [0.25, 0.3) is 5.91 Å². The molecule has 122 valence electrons. The predicted molar refractivity (Wildman–Crippen MR) is 89.0 cm³/mol. The topological polar surface area (TPSA) is 56.2 Å². The Bertz CT molecular complexity index is 730. The van der Waals surface area contributed by atoms with Crippen molar-refractivity contribution < 1.29 is 9.53 Å². The first kappa shape index (κ1) is 16.1. The Labute approximate surface area is 144 Å². The number of benzene rings is 1. The highest BCUT2D eigenvalue weighted by atomic mass is 35.5. The number of rotatable bonds is 4. The van der Waals surface area contributed by atoms with Crippen molar-refractivity contribution in [3.63, 3.8) is 0 Å². The van der Waals surface area contributed by atoms with Gasteiger partial charge in [0.05, 0.1) is 17.3 Å². The first-order chi connectivity index (χ1) is 11.0. The fourth-order valence-electron chi connectivity index (χ4n) is 2.82. The molecule has 0 bridgehead atoms. The van der Waals surface area contributed by atoms with Crippen LogP contribution in [0.4, 0.5) is 0 Å². The molecule has 0 aliphatic heterocycles. The Morgan fingerprint density at radius 3 is 3.13 bits per heavy atom. The molecular weight excluding hydrogens is 337 g/mol.